The number of hydrogen-bond acceptors (Lipinski definition) is 2. The average Bonchev–Trinajstić information content (AvgIpc) is 2.80. The molecule has 0 N–H and O–H groups in total. The molecule has 3 heterocycles. The Hall–Kier alpha value is -1.25. The molecule has 0 aromatic carbocycles. The molecule has 27 heavy (non-hydrogen) atoms. The zero-order valence-electron chi connectivity index (χ0n) is 18.4. The van der Waals surface area contributed by atoms with E-state index < -0.39 is 0 Å². The normalized spacial score (nSPS) is 31.6. The van der Waals surface area contributed by atoms with Gasteiger partial charge in [0.25, 0.3) is 0 Å². The van der Waals surface area contributed by atoms with Gasteiger partial charge in [0, 0.05) is 17.9 Å². The van der Waals surface area contributed by atoms with Crippen molar-refractivity contribution < 1.29 is 0 Å². The lowest BCUT2D eigenvalue weighted by Gasteiger charge is -2.52. The highest BCUT2D eigenvalue weighted by Gasteiger charge is 2.48. The van der Waals surface area contributed by atoms with Crippen molar-refractivity contribution in [2.75, 3.05) is 4.90 Å². The molecule has 3 aliphatic rings. The van der Waals surface area contributed by atoms with Crippen molar-refractivity contribution in [3.05, 3.63) is 30.1 Å². The molecular formula is C24H37BN2. The third kappa shape index (κ3) is 3.06. The number of pyridine rings is 1. The Morgan fingerprint density at radius 2 is 1.74 bits per heavy atom. The first kappa shape index (κ1) is 19.1. The Labute approximate surface area is 166 Å². The SMILES string of the molecule is C=C1CCc2cc(B3CC(C)(C)C(C)(C)C3)cnc2N1C1CC(C)(CC)C1. The summed E-state index contributed by atoms with van der Waals surface area (Å²) in [4.78, 5) is 7.52. The molecule has 0 amide bonds. The monoisotopic (exact) mass is 364 g/mol. The molecule has 2 fully saturated rings. The molecule has 1 saturated carbocycles. The molecule has 1 aromatic heterocycles. The first-order valence-corrected chi connectivity index (χ1v) is 11.0. The van der Waals surface area contributed by atoms with Crippen LogP contribution in [0.15, 0.2) is 24.5 Å². The summed E-state index contributed by atoms with van der Waals surface area (Å²) in [6.45, 7) is 19.5. The Balaban J connectivity index is 1.59. The van der Waals surface area contributed by atoms with Crippen LogP contribution < -0.4 is 10.4 Å². The zero-order chi connectivity index (χ0) is 19.6. The summed E-state index contributed by atoms with van der Waals surface area (Å²) in [5.74, 6) is 1.20. The van der Waals surface area contributed by atoms with Crippen LogP contribution in [0.25, 0.3) is 0 Å². The van der Waals surface area contributed by atoms with Gasteiger partial charge in [-0.1, -0.05) is 78.7 Å². The van der Waals surface area contributed by atoms with Crippen LogP contribution in [0.2, 0.25) is 12.6 Å². The minimum atomic E-state index is 0.393. The molecule has 1 aromatic rings. The second-order valence-electron chi connectivity index (χ2n) is 11.3. The van der Waals surface area contributed by atoms with Crippen LogP contribution in [0, 0.1) is 16.2 Å². The average molecular weight is 364 g/mol. The maximum absolute atomic E-state index is 5.03. The van der Waals surface area contributed by atoms with Crippen LogP contribution in [0.5, 0.6) is 0 Å². The van der Waals surface area contributed by atoms with Gasteiger partial charge in [0.15, 0.2) is 6.71 Å². The number of anilines is 1. The molecule has 0 atom stereocenters. The molecule has 0 spiro atoms. The van der Waals surface area contributed by atoms with E-state index in [1.54, 1.807) is 0 Å². The zero-order valence-corrected chi connectivity index (χ0v) is 18.4. The second kappa shape index (κ2) is 6.13. The molecule has 4 rings (SSSR count). The highest BCUT2D eigenvalue weighted by Crippen LogP contribution is 2.53. The van der Waals surface area contributed by atoms with Gasteiger partial charge in [0.1, 0.15) is 5.82 Å². The molecule has 0 radical (unpaired) electrons. The van der Waals surface area contributed by atoms with Gasteiger partial charge in [-0.15, -0.1) is 0 Å². The van der Waals surface area contributed by atoms with Crippen molar-refractivity contribution in [2.24, 2.45) is 16.2 Å². The van der Waals surface area contributed by atoms with E-state index in [0.29, 0.717) is 29.0 Å². The fourth-order valence-corrected chi connectivity index (χ4v) is 5.77. The molecule has 2 nitrogen and oxygen atoms in total. The topological polar surface area (TPSA) is 16.1 Å². The molecule has 3 heteroatoms. The summed E-state index contributed by atoms with van der Waals surface area (Å²) in [5, 5.41) is 0. The van der Waals surface area contributed by atoms with Crippen LogP contribution >= 0.6 is 0 Å². The predicted octanol–water partition coefficient (Wildman–Crippen LogP) is 5.69. The van der Waals surface area contributed by atoms with Gasteiger partial charge in [-0.25, -0.2) is 4.98 Å². The van der Waals surface area contributed by atoms with E-state index in [1.807, 2.05) is 0 Å². The summed E-state index contributed by atoms with van der Waals surface area (Å²) in [6, 6.07) is 3.09. The lowest BCUT2D eigenvalue weighted by atomic mass is 9.42. The van der Waals surface area contributed by atoms with E-state index in [1.165, 1.54) is 54.4 Å². The van der Waals surface area contributed by atoms with E-state index >= 15 is 0 Å². The summed E-state index contributed by atoms with van der Waals surface area (Å²) < 4.78 is 0. The van der Waals surface area contributed by atoms with E-state index in [2.05, 4.69) is 65.3 Å². The number of hydrogen-bond donors (Lipinski definition) is 0. The predicted molar refractivity (Wildman–Crippen MR) is 118 cm³/mol. The summed E-state index contributed by atoms with van der Waals surface area (Å²) in [7, 11) is 0. The number of aromatic nitrogens is 1. The van der Waals surface area contributed by atoms with Crippen molar-refractivity contribution in [3.63, 3.8) is 0 Å². The summed E-state index contributed by atoms with van der Waals surface area (Å²) >= 11 is 0. The first-order chi connectivity index (χ1) is 12.6. The van der Waals surface area contributed by atoms with Crippen molar-refractivity contribution in [1.29, 1.82) is 0 Å². The summed E-state index contributed by atoms with van der Waals surface area (Å²) in [6.07, 6.45) is 10.7. The smallest absolute Gasteiger partial charge is 0.179 e. The highest BCUT2D eigenvalue weighted by molar-refractivity contribution is 6.74. The molecule has 2 aliphatic heterocycles. The van der Waals surface area contributed by atoms with Gasteiger partial charge in [-0.05, 0) is 47.5 Å². The minimum Gasteiger partial charge on any atom is -0.327 e. The molecule has 146 valence electrons. The standard InChI is InChI=1S/C24H37BN2/c1-8-24(7)12-20(13-24)27-17(2)9-10-18-11-19(14-26-21(18)27)25-15-22(3,4)23(5,6)16-25/h11,14,20H,2,8-10,12-13,15-16H2,1,3-7H3. The van der Waals surface area contributed by atoms with Crippen molar-refractivity contribution >= 4 is 18.0 Å². The number of nitrogens with zero attached hydrogens (tertiary/aromatic N) is 2. The molecule has 0 unspecified atom stereocenters. The Bertz CT molecular complexity index is 742. The molecular weight excluding hydrogens is 327 g/mol. The molecule has 1 aliphatic carbocycles. The largest absolute Gasteiger partial charge is 0.327 e. The lowest BCUT2D eigenvalue weighted by Crippen LogP contribution is -2.50. The Morgan fingerprint density at radius 3 is 2.33 bits per heavy atom. The van der Waals surface area contributed by atoms with E-state index in [4.69, 9.17) is 4.98 Å². The van der Waals surface area contributed by atoms with Gasteiger partial charge in [0.2, 0.25) is 0 Å². The van der Waals surface area contributed by atoms with Crippen molar-refractivity contribution in [3.8, 4) is 0 Å². The van der Waals surface area contributed by atoms with Crippen LogP contribution in [-0.4, -0.2) is 17.7 Å². The van der Waals surface area contributed by atoms with Crippen LogP contribution in [0.1, 0.15) is 72.8 Å². The maximum atomic E-state index is 5.03. The fraction of sp³-hybridized carbons (Fsp3) is 0.708. The van der Waals surface area contributed by atoms with E-state index in [9.17, 15) is 0 Å². The van der Waals surface area contributed by atoms with Crippen molar-refractivity contribution in [1.82, 2.24) is 4.98 Å². The van der Waals surface area contributed by atoms with Gasteiger partial charge < -0.3 is 4.90 Å². The third-order valence-electron chi connectivity index (χ3n) is 8.71. The van der Waals surface area contributed by atoms with Gasteiger partial charge in [0.05, 0.1) is 0 Å². The summed E-state index contributed by atoms with van der Waals surface area (Å²) in [5.41, 5.74) is 5.49. The second-order valence-corrected chi connectivity index (χ2v) is 11.3. The Kier molecular flexibility index (Phi) is 4.33. The van der Waals surface area contributed by atoms with Crippen LogP contribution in [0.4, 0.5) is 5.82 Å². The van der Waals surface area contributed by atoms with Crippen LogP contribution in [-0.2, 0) is 6.42 Å². The van der Waals surface area contributed by atoms with Gasteiger partial charge in [-0.3, -0.25) is 0 Å². The number of aryl methyl sites for hydroxylation is 1. The number of allylic oxidation sites excluding steroid dienone is 1. The number of rotatable bonds is 3. The minimum absolute atomic E-state index is 0.393. The van der Waals surface area contributed by atoms with Gasteiger partial charge in [-0.2, -0.15) is 0 Å². The Morgan fingerprint density at radius 1 is 1.11 bits per heavy atom. The highest BCUT2D eigenvalue weighted by atomic mass is 15.2. The maximum Gasteiger partial charge on any atom is 0.179 e. The third-order valence-corrected chi connectivity index (χ3v) is 8.71. The number of fused-ring (bicyclic) bond motifs is 1. The van der Waals surface area contributed by atoms with Crippen LogP contribution in [0.3, 0.4) is 0 Å². The first-order valence-electron chi connectivity index (χ1n) is 11.0. The van der Waals surface area contributed by atoms with E-state index in [0.717, 1.165) is 12.8 Å². The fourth-order valence-electron chi connectivity index (χ4n) is 5.77. The lowest BCUT2D eigenvalue weighted by molar-refractivity contribution is 0.119. The van der Waals surface area contributed by atoms with Gasteiger partial charge >= 0.3 is 0 Å². The quantitative estimate of drug-likeness (QED) is 0.640. The van der Waals surface area contributed by atoms with Crippen molar-refractivity contribution in [2.45, 2.75) is 92.3 Å². The molecule has 0 bridgehead atoms. The van der Waals surface area contributed by atoms with E-state index in [-0.39, 0.29) is 0 Å². The molecule has 1 saturated heterocycles.